The van der Waals surface area contributed by atoms with Crippen molar-refractivity contribution in [2.45, 2.75) is 86.5 Å². The molecule has 2 fully saturated rings. The van der Waals surface area contributed by atoms with Crippen molar-refractivity contribution in [3.63, 3.8) is 0 Å². The average molecular weight is 348 g/mol. The van der Waals surface area contributed by atoms with Gasteiger partial charge in [0.05, 0.1) is 0 Å². The molecule has 0 heterocycles. The molecule has 0 spiro atoms. The van der Waals surface area contributed by atoms with Crippen LogP contribution < -0.4 is 0 Å². The highest BCUT2D eigenvalue weighted by Gasteiger charge is 2.39. The maximum absolute atomic E-state index is 2.55. The molecule has 0 aliphatic heterocycles. The summed E-state index contributed by atoms with van der Waals surface area (Å²) in [6.07, 6.45) is 12.9. The largest absolute Gasteiger partial charge is 0.379 e. The van der Waals surface area contributed by atoms with Gasteiger partial charge in [0.1, 0.15) is 0 Å². The highest BCUT2D eigenvalue weighted by atomic mass is 15.1. The van der Waals surface area contributed by atoms with E-state index in [1.807, 2.05) is 0 Å². The van der Waals surface area contributed by atoms with E-state index in [4.69, 9.17) is 0 Å². The lowest BCUT2D eigenvalue weighted by atomic mass is 9.59. The van der Waals surface area contributed by atoms with Crippen LogP contribution in [0.5, 0.6) is 0 Å². The summed E-state index contributed by atoms with van der Waals surface area (Å²) in [5.41, 5.74) is 1.44. The summed E-state index contributed by atoms with van der Waals surface area (Å²) >= 11 is 0. The molecule has 0 aromatic heterocycles. The normalized spacial score (nSPS) is 29.3. The Bertz CT molecular complexity index is 422. The average Bonchev–Trinajstić information content (AvgIpc) is 2.48. The number of hydrogen-bond acceptors (Lipinski definition) is 1. The minimum absolute atomic E-state index is 0.696. The zero-order valence-corrected chi connectivity index (χ0v) is 18.2. The first-order valence-electron chi connectivity index (χ1n) is 11.2. The number of hydrogen-bond donors (Lipinski definition) is 0. The lowest BCUT2D eigenvalue weighted by Gasteiger charge is -2.46. The van der Waals surface area contributed by atoms with Gasteiger partial charge in [-0.3, -0.25) is 0 Å². The van der Waals surface area contributed by atoms with E-state index in [1.165, 1.54) is 50.6 Å². The Hall–Kier alpha value is -0.460. The fraction of sp³-hybridized carbons (Fsp3) is 0.917. The van der Waals surface area contributed by atoms with Crippen LogP contribution in [0.1, 0.15) is 86.5 Å². The third-order valence-electron chi connectivity index (χ3n) is 7.93. The first-order chi connectivity index (χ1) is 11.8. The van der Waals surface area contributed by atoms with Crippen molar-refractivity contribution in [3.05, 3.63) is 11.8 Å². The summed E-state index contributed by atoms with van der Waals surface area (Å²) in [5, 5.41) is 0. The zero-order chi connectivity index (χ0) is 18.6. The molecule has 0 aromatic carbocycles. The monoisotopic (exact) mass is 347 g/mol. The lowest BCUT2D eigenvalue weighted by molar-refractivity contribution is 0.0394. The summed E-state index contributed by atoms with van der Waals surface area (Å²) in [6.45, 7) is 15.6. The Labute approximate surface area is 158 Å². The standard InChI is InChI=1S/C24H45N/c1-8-25(7)20(5)16-18(3)21(6)24-13-12-23(24)19(4)14-17(2)15-22-10-9-11-22/h16-19,21-24H,8-15H2,1-7H3/b20-16-. The van der Waals surface area contributed by atoms with Gasteiger partial charge in [0.2, 0.25) is 0 Å². The number of nitrogens with zero attached hydrogens (tertiary/aromatic N) is 1. The molecule has 0 amide bonds. The van der Waals surface area contributed by atoms with E-state index in [2.05, 4.69) is 59.6 Å². The minimum Gasteiger partial charge on any atom is -0.379 e. The van der Waals surface area contributed by atoms with Crippen LogP contribution in [0.2, 0.25) is 0 Å². The van der Waals surface area contributed by atoms with Gasteiger partial charge >= 0.3 is 0 Å². The van der Waals surface area contributed by atoms with Gasteiger partial charge in [-0.05, 0) is 81.0 Å². The van der Waals surface area contributed by atoms with Gasteiger partial charge in [-0.25, -0.2) is 0 Å². The summed E-state index contributed by atoms with van der Waals surface area (Å²) in [5.74, 6) is 6.39. The van der Waals surface area contributed by atoms with Crippen molar-refractivity contribution in [3.8, 4) is 0 Å². The third kappa shape index (κ3) is 5.51. The van der Waals surface area contributed by atoms with Crippen LogP contribution in [0.4, 0.5) is 0 Å². The van der Waals surface area contributed by atoms with Crippen LogP contribution in [0.15, 0.2) is 11.8 Å². The van der Waals surface area contributed by atoms with Crippen LogP contribution in [0, 0.1) is 41.4 Å². The van der Waals surface area contributed by atoms with E-state index >= 15 is 0 Å². The summed E-state index contributed by atoms with van der Waals surface area (Å²) in [7, 11) is 2.21. The molecular formula is C24H45N. The SMILES string of the molecule is CCN(C)/C(C)=C\C(C)C(C)C1CCC1C(C)CC(C)CC1CCC1. The predicted octanol–water partition coefficient (Wildman–Crippen LogP) is 6.99. The molecule has 0 aromatic rings. The summed E-state index contributed by atoms with van der Waals surface area (Å²) in [4.78, 5) is 2.37. The van der Waals surface area contributed by atoms with E-state index in [9.17, 15) is 0 Å². The van der Waals surface area contributed by atoms with E-state index in [1.54, 1.807) is 0 Å². The molecule has 0 N–H and O–H groups in total. The van der Waals surface area contributed by atoms with Gasteiger partial charge in [0, 0.05) is 19.3 Å². The van der Waals surface area contributed by atoms with Crippen LogP contribution in [-0.4, -0.2) is 18.5 Å². The van der Waals surface area contributed by atoms with E-state index < -0.39 is 0 Å². The Morgan fingerprint density at radius 1 is 1.04 bits per heavy atom. The van der Waals surface area contributed by atoms with Crippen molar-refractivity contribution in [1.29, 1.82) is 0 Å². The van der Waals surface area contributed by atoms with Gasteiger partial charge in [-0.15, -0.1) is 0 Å². The maximum Gasteiger partial charge on any atom is 0.0143 e. The molecular weight excluding hydrogens is 302 g/mol. The Kier molecular flexibility index (Phi) is 7.90. The van der Waals surface area contributed by atoms with E-state index in [-0.39, 0.29) is 0 Å². The van der Waals surface area contributed by atoms with Crippen molar-refractivity contribution >= 4 is 0 Å². The minimum atomic E-state index is 0.696. The fourth-order valence-electron chi connectivity index (χ4n) is 5.41. The topological polar surface area (TPSA) is 3.24 Å². The second kappa shape index (κ2) is 9.47. The molecule has 0 bridgehead atoms. The molecule has 2 aliphatic carbocycles. The van der Waals surface area contributed by atoms with Crippen LogP contribution in [-0.2, 0) is 0 Å². The van der Waals surface area contributed by atoms with E-state index in [0.717, 1.165) is 42.1 Å². The van der Waals surface area contributed by atoms with Crippen molar-refractivity contribution in [2.24, 2.45) is 41.4 Å². The smallest absolute Gasteiger partial charge is 0.0143 e. The lowest BCUT2D eigenvalue weighted by Crippen LogP contribution is -2.38. The molecule has 1 nitrogen and oxygen atoms in total. The van der Waals surface area contributed by atoms with Gasteiger partial charge in [-0.2, -0.15) is 0 Å². The number of rotatable bonds is 10. The summed E-state index contributed by atoms with van der Waals surface area (Å²) in [6, 6.07) is 0. The second-order valence-corrected chi connectivity index (χ2v) is 9.80. The quantitative estimate of drug-likeness (QED) is 0.411. The first kappa shape index (κ1) is 20.8. The Balaban J connectivity index is 1.82. The molecule has 146 valence electrons. The van der Waals surface area contributed by atoms with E-state index in [0.29, 0.717) is 5.92 Å². The highest BCUT2D eigenvalue weighted by Crippen LogP contribution is 2.48. The van der Waals surface area contributed by atoms with Crippen LogP contribution in [0.3, 0.4) is 0 Å². The Morgan fingerprint density at radius 2 is 1.68 bits per heavy atom. The van der Waals surface area contributed by atoms with Gasteiger partial charge < -0.3 is 4.90 Å². The molecule has 1 heteroatoms. The van der Waals surface area contributed by atoms with Crippen LogP contribution in [0.25, 0.3) is 0 Å². The molecule has 2 saturated carbocycles. The fourth-order valence-corrected chi connectivity index (χ4v) is 5.41. The molecule has 25 heavy (non-hydrogen) atoms. The molecule has 6 atom stereocenters. The summed E-state index contributed by atoms with van der Waals surface area (Å²) < 4.78 is 0. The maximum atomic E-state index is 2.55. The molecule has 0 saturated heterocycles. The van der Waals surface area contributed by atoms with Crippen molar-refractivity contribution < 1.29 is 0 Å². The molecule has 2 rings (SSSR count). The van der Waals surface area contributed by atoms with Crippen molar-refractivity contribution in [2.75, 3.05) is 13.6 Å². The highest BCUT2D eigenvalue weighted by molar-refractivity contribution is 5.02. The van der Waals surface area contributed by atoms with Crippen LogP contribution >= 0.6 is 0 Å². The third-order valence-corrected chi connectivity index (χ3v) is 7.93. The zero-order valence-electron chi connectivity index (χ0n) is 18.2. The van der Waals surface area contributed by atoms with Gasteiger partial charge in [0.15, 0.2) is 0 Å². The molecule has 6 unspecified atom stereocenters. The number of allylic oxidation sites excluding steroid dienone is 2. The first-order valence-corrected chi connectivity index (χ1v) is 11.2. The van der Waals surface area contributed by atoms with Crippen molar-refractivity contribution in [1.82, 2.24) is 4.90 Å². The molecule has 2 aliphatic rings. The Morgan fingerprint density at radius 3 is 2.16 bits per heavy atom. The molecule has 0 radical (unpaired) electrons. The van der Waals surface area contributed by atoms with Gasteiger partial charge in [0.25, 0.3) is 0 Å². The predicted molar refractivity (Wildman–Crippen MR) is 112 cm³/mol. The second-order valence-electron chi connectivity index (χ2n) is 9.80. The van der Waals surface area contributed by atoms with Gasteiger partial charge in [-0.1, -0.05) is 53.0 Å².